The minimum Gasteiger partial charge on any atom is -0.316 e. The molecule has 70 valence electrons. The van der Waals surface area contributed by atoms with E-state index in [-0.39, 0.29) is 12.4 Å². The molecular formula is C10H13ClN2. The van der Waals surface area contributed by atoms with Gasteiger partial charge in [0.25, 0.3) is 0 Å². The van der Waals surface area contributed by atoms with E-state index in [0.717, 1.165) is 24.9 Å². The summed E-state index contributed by atoms with van der Waals surface area (Å²) in [5, 5.41) is 3.47. The van der Waals surface area contributed by atoms with Gasteiger partial charge in [-0.3, -0.25) is 4.98 Å². The van der Waals surface area contributed by atoms with Crippen molar-refractivity contribution < 1.29 is 0 Å². The van der Waals surface area contributed by atoms with E-state index in [4.69, 9.17) is 0 Å². The molecule has 0 spiro atoms. The Morgan fingerprint density at radius 3 is 2.85 bits per heavy atom. The molecular weight excluding hydrogens is 184 g/mol. The third kappa shape index (κ3) is 1.25. The molecule has 13 heavy (non-hydrogen) atoms. The van der Waals surface area contributed by atoms with Gasteiger partial charge in [0.1, 0.15) is 0 Å². The lowest BCUT2D eigenvalue weighted by Gasteiger charge is -2.19. The molecule has 2 heterocycles. The molecule has 0 aromatic carbocycles. The third-order valence-electron chi connectivity index (χ3n) is 3.12. The Morgan fingerprint density at radius 1 is 1.23 bits per heavy atom. The maximum absolute atomic E-state index is 4.19. The van der Waals surface area contributed by atoms with Crippen LogP contribution < -0.4 is 5.32 Å². The molecule has 1 N–H and O–H groups in total. The first-order chi connectivity index (χ1) is 5.95. The number of aromatic nitrogens is 1. The van der Waals surface area contributed by atoms with Gasteiger partial charge >= 0.3 is 0 Å². The smallest absolute Gasteiger partial charge is 0.0306 e. The molecule has 2 nitrogen and oxygen atoms in total. The molecule has 1 saturated heterocycles. The van der Waals surface area contributed by atoms with Crippen LogP contribution in [-0.4, -0.2) is 18.1 Å². The largest absolute Gasteiger partial charge is 0.316 e. The van der Waals surface area contributed by atoms with Crippen LogP contribution in [0.1, 0.15) is 29.4 Å². The van der Waals surface area contributed by atoms with Crippen LogP contribution in [0.25, 0.3) is 0 Å². The monoisotopic (exact) mass is 196 g/mol. The predicted molar refractivity (Wildman–Crippen MR) is 54.5 cm³/mol. The van der Waals surface area contributed by atoms with Crippen molar-refractivity contribution >= 4 is 12.4 Å². The van der Waals surface area contributed by atoms with Gasteiger partial charge in [0, 0.05) is 25.5 Å². The fraction of sp³-hybridized carbons (Fsp3) is 0.500. The zero-order valence-corrected chi connectivity index (χ0v) is 8.18. The summed E-state index contributed by atoms with van der Waals surface area (Å²) in [6.45, 7) is 2.31. The van der Waals surface area contributed by atoms with Crippen LogP contribution >= 0.6 is 12.4 Å². The minimum atomic E-state index is 0. The molecule has 1 aliphatic heterocycles. The van der Waals surface area contributed by atoms with Crippen molar-refractivity contribution in [3.05, 3.63) is 29.6 Å². The van der Waals surface area contributed by atoms with E-state index < -0.39 is 0 Å². The molecule has 1 aromatic rings. The van der Waals surface area contributed by atoms with Crippen LogP contribution in [0.4, 0.5) is 0 Å². The Morgan fingerprint density at radius 2 is 2.00 bits per heavy atom. The minimum absolute atomic E-state index is 0. The zero-order valence-electron chi connectivity index (χ0n) is 7.36. The summed E-state index contributed by atoms with van der Waals surface area (Å²) in [5.74, 6) is 1.51. The second kappa shape index (κ2) is 3.28. The standard InChI is InChI=1S/C10H12N2.ClH/c1-2-11-6-10-8-3-7(9(1)10)4-12-5-8;/h1-2,6-8,12H,3-5H2;1H. The first-order valence-electron chi connectivity index (χ1n) is 4.59. The lowest BCUT2D eigenvalue weighted by molar-refractivity contribution is 0.453. The number of hydrogen-bond acceptors (Lipinski definition) is 2. The molecule has 2 unspecified atom stereocenters. The van der Waals surface area contributed by atoms with Crippen LogP contribution in [0.15, 0.2) is 18.5 Å². The number of piperidine rings is 1. The van der Waals surface area contributed by atoms with Crippen LogP contribution in [0, 0.1) is 0 Å². The molecule has 2 bridgehead atoms. The second-order valence-electron chi connectivity index (χ2n) is 3.79. The summed E-state index contributed by atoms with van der Waals surface area (Å²) in [5.41, 5.74) is 3.03. The van der Waals surface area contributed by atoms with Crippen molar-refractivity contribution in [2.75, 3.05) is 13.1 Å². The van der Waals surface area contributed by atoms with Gasteiger partial charge in [-0.2, -0.15) is 0 Å². The first-order valence-corrected chi connectivity index (χ1v) is 4.59. The van der Waals surface area contributed by atoms with Crippen molar-refractivity contribution in [1.82, 2.24) is 10.3 Å². The molecule has 1 aromatic heterocycles. The number of nitrogens with one attached hydrogen (secondary N) is 1. The lowest BCUT2D eigenvalue weighted by Crippen LogP contribution is -2.28. The fourth-order valence-electron chi connectivity index (χ4n) is 2.55. The van der Waals surface area contributed by atoms with Gasteiger partial charge in [0.05, 0.1) is 0 Å². The van der Waals surface area contributed by atoms with Gasteiger partial charge in [-0.05, 0) is 35.4 Å². The number of halogens is 1. The topological polar surface area (TPSA) is 24.9 Å². The van der Waals surface area contributed by atoms with Crippen molar-refractivity contribution in [3.63, 3.8) is 0 Å². The lowest BCUT2D eigenvalue weighted by atomic mass is 9.98. The van der Waals surface area contributed by atoms with Crippen molar-refractivity contribution in [3.8, 4) is 0 Å². The molecule has 2 atom stereocenters. The normalized spacial score (nSPS) is 29.2. The maximum Gasteiger partial charge on any atom is 0.0306 e. The van der Waals surface area contributed by atoms with Gasteiger partial charge in [0.15, 0.2) is 0 Å². The predicted octanol–water partition coefficient (Wildman–Crippen LogP) is 1.68. The number of hydrogen-bond donors (Lipinski definition) is 1. The van der Waals surface area contributed by atoms with Gasteiger partial charge in [0.2, 0.25) is 0 Å². The summed E-state index contributed by atoms with van der Waals surface area (Å²) in [6, 6.07) is 2.19. The Bertz CT molecular complexity index is 285. The average molecular weight is 197 g/mol. The fourth-order valence-corrected chi connectivity index (χ4v) is 2.55. The number of nitrogens with zero attached hydrogens (tertiary/aromatic N) is 1. The SMILES string of the molecule is Cl.c1cc2c(cn1)C1CNCC2C1. The summed E-state index contributed by atoms with van der Waals surface area (Å²) >= 11 is 0. The molecule has 3 rings (SSSR count). The van der Waals surface area contributed by atoms with E-state index in [0.29, 0.717) is 0 Å². The maximum atomic E-state index is 4.19. The molecule has 3 heteroatoms. The Kier molecular flexibility index (Phi) is 2.26. The van der Waals surface area contributed by atoms with Gasteiger partial charge in [-0.25, -0.2) is 0 Å². The van der Waals surface area contributed by atoms with Gasteiger partial charge in [-0.1, -0.05) is 0 Å². The van der Waals surface area contributed by atoms with E-state index in [1.54, 1.807) is 5.56 Å². The van der Waals surface area contributed by atoms with Crippen LogP contribution in [-0.2, 0) is 0 Å². The Balaban J connectivity index is 0.000000653. The Hall–Kier alpha value is -0.600. The molecule has 1 aliphatic carbocycles. The van der Waals surface area contributed by atoms with E-state index >= 15 is 0 Å². The molecule has 1 fully saturated rings. The number of fused-ring (bicyclic) bond motifs is 5. The summed E-state index contributed by atoms with van der Waals surface area (Å²) in [7, 11) is 0. The van der Waals surface area contributed by atoms with Gasteiger partial charge in [-0.15, -0.1) is 12.4 Å². The van der Waals surface area contributed by atoms with E-state index in [9.17, 15) is 0 Å². The summed E-state index contributed by atoms with van der Waals surface area (Å²) in [4.78, 5) is 4.19. The third-order valence-corrected chi connectivity index (χ3v) is 3.12. The zero-order chi connectivity index (χ0) is 7.97. The quantitative estimate of drug-likeness (QED) is 0.683. The molecule has 0 radical (unpaired) electrons. The second-order valence-corrected chi connectivity index (χ2v) is 3.79. The molecule has 0 saturated carbocycles. The summed E-state index contributed by atoms with van der Waals surface area (Å²) < 4.78 is 0. The van der Waals surface area contributed by atoms with E-state index in [2.05, 4.69) is 16.4 Å². The number of rotatable bonds is 0. The van der Waals surface area contributed by atoms with Crippen LogP contribution in [0.5, 0.6) is 0 Å². The molecule has 0 amide bonds. The molecule has 2 aliphatic rings. The van der Waals surface area contributed by atoms with Crippen LogP contribution in [0.3, 0.4) is 0 Å². The highest BCUT2D eigenvalue weighted by Gasteiger charge is 2.33. The highest BCUT2D eigenvalue weighted by molar-refractivity contribution is 5.85. The number of pyridine rings is 1. The van der Waals surface area contributed by atoms with Crippen molar-refractivity contribution in [2.45, 2.75) is 18.3 Å². The average Bonchev–Trinajstić information content (AvgIpc) is 2.41. The highest BCUT2D eigenvalue weighted by atomic mass is 35.5. The Labute approximate surface area is 84.2 Å². The van der Waals surface area contributed by atoms with Crippen LogP contribution in [0.2, 0.25) is 0 Å². The van der Waals surface area contributed by atoms with Crippen molar-refractivity contribution in [1.29, 1.82) is 0 Å². The highest BCUT2D eigenvalue weighted by Crippen LogP contribution is 2.42. The van der Waals surface area contributed by atoms with E-state index in [1.807, 2.05) is 12.4 Å². The van der Waals surface area contributed by atoms with Crippen molar-refractivity contribution in [2.24, 2.45) is 0 Å². The first kappa shape index (κ1) is 8.97. The van der Waals surface area contributed by atoms with E-state index in [1.165, 1.54) is 12.0 Å². The van der Waals surface area contributed by atoms with Gasteiger partial charge < -0.3 is 5.32 Å². The summed E-state index contributed by atoms with van der Waals surface area (Å²) in [6.07, 6.45) is 5.31.